The molecule has 1 heterocycles. The van der Waals surface area contributed by atoms with Gasteiger partial charge in [0.05, 0.1) is 24.6 Å². The smallest absolute Gasteiger partial charge is 0.237 e. The summed E-state index contributed by atoms with van der Waals surface area (Å²) in [6, 6.07) is 4.97. The van der Waals surface area contributed by atoms with Crippen LogP contribution in [0.15, 0.2) is 18.2 Å². The lowest BCUT2D eigenvalue weighted by Crippen LogP contribution is -2.33. The van der Waals surface area contributed by atoms with Gasteiger partial charge in [0.15, 0.2) is 0 Å². The molecule has 2 aliphatic rings. The van der Waals surface area contributed by atoms with Crippen LogP contribution in [0.25, 0.3) is 0 Å². The highest BCUT2D eigenvalue weighted by atomic mass is 32.1. The van der Waals surface area contributed by atoms with E-state index in [-0.39, 0.29) is 28.6 Å². The number of ether oxygens (including phenoxy) is 1. The number of thiocarbonyl (C=S) groups is 1. The first-order valence-corrected chi connectivity index (χ1v) is 6.31. The molecular formula is C13H12N2O3S. The van der Waals surface area contributed by atoms with Crippen molar-refractivity contribution in [1.29, 1.82) is 0 Å². The fraction of sp³-hybridized carbons (Fsp3) is 0.308. The Kier molecular flexibility index (Phi) is 2.56. The highest BCUT2D eigenvalue weighted by Crippen LogP contribution is 2.49. The number of nitrogens with zero attached hydrogens (tertiary/aromatic N) is 1. The van der Waals surface area contributed by atoms with Crippen molar-refractivity contribution in [3.8, 4) is 5.75 Å². The summed E-state index contributed by atoms with van der Waals surface area (Å²) in [5.74, 6) is -0.124. The average Bonchev–Trinajstić information content (AvgIpc) is 3.14. The maximum atomic E-state index is 12.0. The molecule has 0 bridgehead atoms. The van der Waals surface area contributed by atoms with Crippen LogP contribution in [0.1, 0.15) is 12.0 Å². The van der Waals surface area contributed by atoms with Crippen molar-refractivity contribution in [2.75, 3.05) is 12.0 Å². The maximum Gasteiger partial charge on any atom is 0.237 e. The highest BCUT2D eigenvalue weighted by Gasteiger charge is 2.59. The highest BCUT2D eigenvalue weighted by molar-refractivity contribution is 7.80. The van der Waals surface area contributed by atoms with Gasteiger partial charge in [0.2, 0.25) is 11.8 Å². The van der Waals surface area contributed by atoms with Crippen LogP contribution in [0.2, 0.25) is 0 Å². The van der Waals surface area contributed by atoms with E-state index in [4.69, 9.17) is 22.7 Å². The first-order valence-electron chi connectivity index (χ1n) is 5.90. The van der Waals surface area contributed by atoms with E-state index in [9.17, 15) is 9.59 Å². The number of piperidine rings is 1. The first-order chi connectivity index (χ1) is 9.04. The van der Waals surface area contributed by atoms with Gasteiger partial charge in [-0.25, -0.2) is 4.90 Å². The third-order valence-electron chi connectivity index (χ3n) is 3.57. The zero-order valence-corrected chi connectivity index (χ0v) is 11.1. The van der Waals surface area contributed by atoms with Crippen molar-refractivity contribution in [3.05, 3.63) is 23.8 Å². The van der Waals surface area contributed by atoms with Crippen LogP contribution in [0.3, 0.4) is 0 Å². The number of hydrogen-bond acceptors (Lipinski definition) is 4. The summed E-state index contributed by atoms with van der Waals surface area (Å²) in [5, 5.41) is 0. The van der Waals surface area contributed by atoms with Gasteiger partial charge in [0, 0.05) is 5.56 Å². The number of carbonyl (C=O) groups excluding carboxylic acids is 2. The SMILES string of the molecule is COc1cc(C(N)=S)ccc1N1C(=O)C2CC2C1=O. The molecule has 2 fully saturated rings. The van der Waals surface area contributed by atoms with Crippen molar-refractivity contribution >= 4 is 34.7 Å². The lowest BCUT2D eigenvalue weighted by molar-refractivity contribution is -0.123. The number of amides is 2. The monoisotopic (exact) mass is 276 g/mol. The summed E-state index contributed by atoms with van der Waals surface area (Å²) in [6.45, 7) is 0. The molecule has 2 amide bonds. The molecule has 1 aliphatic heterocycles. The second-order valence-electron chi connectivity index (χ2n) is 4.71. The summed E-state index contributed by atoms with van der Waals surface area (Å²) in [4.78, 5) is 25.5. The predicted molar refractivity (Wildman–Crippen MR) is 73.0 cm³/mol. The van der Waals surface area contributed by atoms with E-state index < -0.39 is 0 Å². The van der Waals surface area contributed by atoms with Crippen LogP contribution >= 0.6 is 12.2 Å². The second-order valence-corrected chi connectivity index (χ2v) is 5.15. The fourth-order valence-electron chi connectivity index (χ4n) is 2.43. The first kappa shape index (κ1) is 12.1. The number of methoxy groups -OCH3 is 1. The molecular weight excluding hydrogens is 264 g/mol. The van der Waals surface area contributed by atoms with Crippen molar-refractivity contribution in [3.63, 3.8) is 0 Å². The standard InChI is InChI=1S/C13H12N2O3S/c1-18-10-4-6(11(14)19)2-3-9(10)15-12(16)7-5-8(7)13(15)17/h2-4,7-8H,5H2,1H3,(H2,14,19). The van der Waals surface area contributed by atoms with Gasteiger partial charge in [-0.1, -0.05) is 12.2 Å². The van der Waals surface area contributed by atoms with Crippen molar-refractivity contribution in [2.24, 2.45) is 17.6 Å². The molecule has 19 heavy (non-hydrogen) atoms. The van der Waals surface area contributed by atoms with Gasteiger partial charge in [-0.15, -0.1) is 0 Å². The number of imide groups is 1. The van der Waals surface area contributed by atoms with Crippen LogP contribution in [0.4, 0.5) is 5.69 Å². The van der Waals surface area contributed by atoms with Gasteiger partial charge in [-0.05, 0) is 24.6 Å². The van der Waals surface area contributed by atoms with Crippen molar-refractivity contribution < 1.29 is 14.3 Å². The van der Waals surface area contributed by atoms with Crippen molar-refractivity contribution in [2.45, 2.75) is 6.42 Å². The zero-order valence-electron chi connectivity index (χ0n) is 10.3. The largest absolute Gasteiger partial charge is 0.495 e. The quantitative estimate of drug-likeness (QED) is 0.654. The van der Waals surface area contributed by atoms with Crippen molar-refractivity contribution in [1.82, 2.24) is 0 Å². The lowest BCUT2D eigenvalue weighted by Gasteiger charge is -2.19. The van der Waals surface area contributed by atoms with Crippen LogP contribution in [0.5, 0.6) is 5.75 Å². The predicted octanol–water partition coefficient (Wildman–Crippen LogP) is 0.839. The molecule has 2 atom stereocenters. The number of anilines is 1. The third kappa shape index (κ3) is 1.71. The van der Waals surface area contributed by atoms with Crippen LogP contribution in [-0.2, 0) is 9.59 Å². The van der Waals surface area contributed by atoms with Crippen LogP contribution in [-0.4, -0.2) is 23.9 Å². The van der Waals surface area contributed by atoms with E-state index in [0.29, 0.717) is 23.4 Å². The summed E-state index contributed by atoms with van der Waals surface area (Å²) in [5.41, 5.74) is 6.65. The molecule has 0 radical (unpaired) electrons. The Hall–Kier alpha value is -1.95. The minimum absolute atomic E-state index is 0.132. The number of benzene rings is 1. The summed E-state index contributed by atoms with van der Waals surface area (Å²) in [6.07, 6.45) is 0.682. The topological polar surface area (TPSA) is 72.6 Å². The molecule has 0 spiro atoms. The molecule has 1 saturated carbocycles. The summed E-state index contributed by atoms with van der Waals surface area (Å²) < 4.78 is 5.23. The number of carbonyl (C=O) groups is 2. The van der Waals surface area contributed by atoms with Crippen LogP contribution in [0, 0.1) is 11.8 Å². The lowest BCUT2D eigenvalue weighted by atomic mass is 10.1. The molecule has 0 aromatic heterocycles. The second kappa shape index (κ2) is 4.03. The maximum absolute atomic E-state index is 12.0. The number of nitrogens with two attached hydrogens (primary N) is 1. The molecule has 2 unspecified atom stereocenters. The minimum Gasteiger partial charge on any atom is -0.495 e. The van der Waals surface area contributed by atoms with E-state index in [1.165, 1.54) is 12.0 Å². The van der Waals surface area contributed by atoms with Gasteiger partial charge < -0.3 is 10.5 Å². The molecule has 1 aromatic rings. The number of rotatable bonds is 3. The van der Waals surface area contributed by atoms with E-state index in [1.807, 2.05) is 0 Å². The Morgan fingerprint density at radius 1 is 1.37 bits per heavy atom. The molecule has 1 saturated heterocycles. The number of fused-ring (bicyclic) bond motifs is 1. The molecule has 98 valence electrons. The molecule has 1 aromatic carbocycles. The van der Waals surface area contributed by atoms with Gasteiger partial charge in [0.1, 0.15) is 10.7 Å². The van der Waals surface area contributed by atoms with Crippen LogP contribution < -0.4 is 15.4 Å². The normalized spacial score (nSPS) is 24.4. The molecule has 5 nitrogen and oxygen atoms in total. The average molecular weight is 276 g/mol. The third-order valence-corrected chi connectivity index (χ3v) is 3.81. The van der Waals surface area contributed by atoms with Gasteiger partial charge in [0.25, 0.3) is 0 Å². The Morgan fingerprint density at radius 2 is 2.00 bits per heavy atom. The zero-order chi connectivity index (χ0) is 13.7. The van der Waals surface area contributed by atoms with E-state index >= 15 is 0 Å². The molecule has 6 heteroatoms. The Balaban J connectivity index is 2.03. The van der Waals surface area contributed by atoms with E-state index in [0.717, 1.165) is 0 Å². The van der Waals surface area contributed by atoms with E-state index in [2.05, 4.69) is 0 Å². The summed E-state index contributed by atoms with van der Waals surface area (Å²) >= 11 is 4.89. The van der Waals surface area contributed by atoms with Gasteiger partial charge in [-0.3, -0.25) is 9.59 Å². The minimum atomic E-state index is -0.142. The van der Waals surface area contributed by atoms with E-state index in [1.54, 1.807) is 18.2 Å². The Labute approximate surface area is 115 Å². The Morgan fingerprint density at radius 3 is 2.53 bits per heavy atom. The Bertz CT molecular complexity index is 594. The molecule has 2 N–H and O–H groups in total. The van der Waals surface area contributed by atoms with Gasteiger partial charge >= 0.3 is 0 Å². The van der Waals surface area contributed by atoms with Gasteiger partial charge in [-0.2, -0.15) is 0 Å². The summed E-state index contributed by atoms with van der Waals surface area (Å²) in [7, 11) is 1.48. The number of hydrogen-bond donors (Lipinski definition) is 1. The molecule has 3 rings (SSSR count). The molecule has 1 aliphatic carbocycles. The fourth-order valence-corrected chi connectivity index (χ4v) is 2.56.